The van der Waals surface area contributed by atoms with E-state index in [1.807, 2.05) is 0 Å². The number of hydrogen-bond acceptors (Lipinski definition) is 14. The number of alkyl halides is 3. The van der Waals surface area contributed by atoms with Crippen LogP contribution in [0, 0.1) is 0 Å². The normalized spacial score (nSPS) is 19.4. The molecule has 350 valence electrons. The number of carbonyl (C=O) groups is 1. The van der Waals surface area contributed by atoms with Gasteiger partial charge >= 0.3 is 12.1 Å². The van der Waals surface area contributed by atoms with Gasteiger partial charge in [-0.2, -0.15) is 13.2 Å². The van der Waals surface area contributed by atoms with Crippen LogP contribution < -0.4 is 9.47 Å². The standard InChI is InChI=1S/C47H57F3O14/c1-3-7-62-43-34-25-39(26-35(43)31-59-22-18-55-14-10-52-9-13-54-17-21-58-30-34)46(42-29-38(47(48,49)50)5-6-41(42)45(51)64-46)40-27-36-32-60-23-19-56-15-11-53-12-16-57-20-24-61-33-37(28-40)44(36)63-8-4-2/h3-6,25-29H,1-2,7-24,30-33H2. The monoisotopic (exact) mass is 902 g/mol. The molecule has 0 atom stereocenters. The number of benzene rings is 3. The summed E-state index contributed by atoms with van der Waals surface area (Å²) in [5.41, 5.74) is -0.396. The third-order valence-corrected chi connectivity index (χ3v) is 10.2. The number of fused-ring (bicyclic) bond motifs is 5. The average molecular weight is 903 g/mol. The predicted molar refractivity (Wildman–Crippen MR) is 225 cm³/mol. The summed E-state index contributed by atoms with van der Waals surface area (Å²) >= 11 is 0. The number of carbonyl (C=O) groups excluding carboxylic acids is 1. The summed E-state index contributed by atoms with van der Waals surface area (Å²) in [6, 6.07) is 9.86. The summed E-state index contributed by atoms with van der Waals surface area (Å²) in [7, 11) is 0. The van der Waals surface area contributed by atoms with Gasteiger partial charge in [0.05, 0.1) is 143 Å². The molecule has 3 aromatic rings. The molecule has 0 aromatic heterocycles. The molecule has 3 heterocycles. The Kier molecular flexibility index (Phi) is 19.4. The first-order chi connectivity index (χ1) is 31.3. The van der Waals surface area contributed by atoms with Gasteiger partial charge in [0.1, 0.15) is 24.7 Å². The minimum atomic E-state index is -4.76. The lowest BCUT2D eigenvalue weighted by Gasteiger charge is -2.33. The van der Waals surface area contributed by atoms with Gasteiger partial charge in [0, 0.05) is 38.9 Å². The van der Waals surface area contributed by atoms with Crippen molar-refractivity contribution in [2.24, 2.45) is 0 Å². The SMILES string of the molecule is C=CCOc1c2cc(C3(c4cc5c(OCC=C)c(c4)COCCOCCOCCOCCOC5)OC(=O)c4ccc(C(F)(F)F)cc43)cc1COCCOCCOCCOCCOC2. The zero-order valence-corrected chi connectivity index (χ0v) is 36.0. The Bertz CT molecular complexity index is 1800. The molecule has 0 saturated heterocycles. The third kappa shape index (κ3) is 13.3. The van der Waals surface area contributed by atoms with Crippen molar-refractivity contribution in [2.75, 3.05) is 119 Å². The van der Waals surface area contributed by atoms with E-state index in [2.05, 4.69) is 13.2 Å². The molecule has 0 unspecified atom stereocenters. The first-order valence-corrected chi connectivity index (χ1v) is 21.3. The minimum absolute atomic E-state index is 0.0153. The second-order valence-corrected chi connectivity index (χ2v) is 14.7. The Morgan fingerprint density at radius 2 is 0.844 bits per heavy atom. The molecule has 0 amide bonds. The smallest absolute Gasteiger partial charge is 0.416 e. The highest BCUT2D eigenvalue weighted by molar-refractivity contribution is 5.96. The zero-order chi connectivity index (χ0) is 45.0. The van der Waals surface area contributed by atoms with Crippen molar-refractivity contribution in [1.29, 1.82) is 0 Å². The van der Waals surface area contributed by atoms with Crippen LogP contribution in [-0.2, 0) is 90.3 Å². The summed E-state index contributed by atoms with van der Waals surface area (Å²) in [5.74, 6) is -0.000150. The second-order valence-electron chi connectivity index (χ2n) is 14.7. The summed E-state index contributed by atoms with van der Waals surface area (Å²) in [6.07, 6.45) is -1.59. The fourth-order valence-corrected chi connectivity index (χ4v) is 7.32. The molecular weight excluding hydrogens is 845 g/mol. The summed E-state index contributed by atoms with van der Waals surface area (Å²) < 4.78 is 121. The Labute approximate surface area is 371 Å². The van der Waals surface area contributed by atoms with Crippen LogP contribution in [0.3, 0.4) is 0 Å². The van der Waals surface area contributed by atoms with Gasteiger partial charge in [-0.05, 0) is 42.5 Å². The minimum Gasteiger partial charge on any atom is -0.489 e. The van der Waals surface area contributed by atoms with Gasteiger partial charge in [-0.3, -0.25) is 0 Å². The highest BCUT2D eigenvalue weighted by atomic mass is 19.4. The van der Waals surface area contributed by atoms with Crippen LogP contribution in [0.25, 0.3) is 0 Å². The average Bonchev–Trinajstić information content (AvgIpc) is 3.59. The molecule has 3 aromatic carbocycles. The van der Waals surface area contributed by atoms with Gasteiger partial charge in [0.2, 0.25) is 0 Å². The van der Waals surface area contributed by atoms with E-state index in [0.29, 0.717) is 97.7 Å². The molecule has 3 aliphatic rings. The summed E-state index contributed by atoms with van der Waals surface area (Å²) in [5, 5.41) is 0. The van der Waals surface area contributed by atoms with Crippen LogP contribution in [-0.4, -0.2) is 125 Å². The van der Waals surface area contributed by atoms with E-state index in [9.17, 15) is 18.0 Å². The summed E-state index contributed by atoms with van der Waals surface area (Å²) in [4.78, 5) is 14.1. The van der Waals surface area contributed by atoms with E-state index in [1.165, 1.54) is 0 Å². The highest BCUT2D eigenvalue weighted by Crippen LogP contribution is 2.51. The van der Waals surface area contributed by atoms with E-state index in [1.54, 1.807) is 36.4 Å². The maximum Gasteiger partial charge on any atom is 0.416 e. The fourth-order valence-electron chi connectivity index (χ4n) is 7.32. The van der Waals surface area contributed by atoms with Gasteiger partial charge < -0.3 is 61.6 Å². The van der Waals surface area contributed by atoms with Crippen molar-refractivity contribution in [3.63, 3.8) is 0 Å². The quantitative estimate of drug-likeness (QED) is 0.180. The molecule has 0 saturated carbocycles. The van der Waals surface area contributed by atoms with Crippen LogP contribution in [0.15, 0.2) is 67.8 Å². The number of ether oxygens (including phenoxy) is 13. The highest BCUT2D eigenvalue weighted by Gasteiger charge is 2.51. The van der Waals surface area contributed by atoms with Crippen molar-refractivity contribution >= 4 is 5.97 Å². The summed E-state index contributed by atoms with van der Waals surface area (Å²) in [6.45, 7) is 12.5. The Morgan fingerprint density at radius 3 is 1.16 bits per heavy atom. The zero-order valence-electron chi connectivity index (χ0n) is 36.0. The fraction of sp³-hybridized carbons (Fsp3) is 0.511. The van der Waals surface area contributed by atoms with Crippen LogP contribution in [0.4, 0.5) is 13.2 Å². The van der Waals surface area contributed by atoms with E-state index < -0.39 is 23.3 Å². The number of cyclic esters (lactones) is 1. The molecule has 17 heteroatoms. The molecule has 0 spiro atoms. The molecule has 4 bridgehead atoms. The lowest BCUT2D eigenvalue weighted by molar-refractivity contribution is -0.137. The van der Waals surface area contributed by atoms with E-state index in [0.717, 1.165) is 18.2 Å². The van der Waals surface area contributed by atoms with Crippen LogP contribution in [0.1, 0.15) is 54.9 Å². The Balaban J connectivity index is 1.56. The first-order valence-electron chi connectivity index (χ1n) is 21.3. The van der Waals surface area contributed by atoms with Crippen molar-refractivity contribution in [3.05, 3.63) is 118 Å². The van der Waals surface area contributed by atoms with Gasteiger partial charge in [-0.1, -0.05) is 25.3 Å². The van der Waals surface area contributed by atoms with Gasteiger partial charge in [0.25, 0.3) is 0 Å². The number of esters is 1. The maximum atomic E-state index is 14.7. The second kappa shape index (κ2) is 25.3. The van der Waals surface area contributed by atoms with Crippen molar-refractivity contribution in [1.82, 2.24) is 0 Å². The lowest BCUT2D eigenvalue weighted by atomic mass is 9.77. The molecule has 3 aliphatic heterocycles. The predicted octanol–water partition coefficient (Wildman–Crippen LogP) is 6.49. The molecule has 0 N–H and O–H groups in total. The van der Waals surface area contributed by atoms with Crippen molar-refractivity contribution in [2.45, 2.75) is 38.2 Å². The first kappa shape index (κ1) is 49.0. The number of halogens is 3. The molecule has 6 rings (SSSR count). The number of hydrogen-bond donors (Lipinski definition) is 0. The molecule has 0 radical (unpaired) electrons. The largest absolute Gasteiger partial charge is 0.489 e. The molecule has 0 fully saturated rings. The van der Waals surface area contributed by atoms with E-state index in [4.69, 9.17) is 61.6 Å². The van der Waals surface area contributed by atoms with Crippen LogP contribution >= 0.6 is 0 Å². The van der Waals surface area contributed by atoms with Crippen molar-refractivity contribution in [3.8, 4) is 11.5 Å². The number of rotatable bonds is 8. The van der Waals surface area contributed by atoms with Gasteiger partial charge in [-0.25, -0.2) is 4.79 Å². The van der Waals surface area contributed by atoms with E-state index in [-0.39, 0.29) is 104 Å². The Morgan fingerprint density at radius 1 is 0.516 bits per heavy atom. The molecular formula is C47H57F3O14. The lowest BCUT2D eigenvalue weighted by Crippen LogP contribution is -2.31. The van der Waals surface area contributed by atoms with Crippen molar-refractivity contribution < 1.29 is 79.5 Å². The van der Waals surface area contributed by atoms with Crippen LogP contribution in [0.5, 0.6) is 11.5 Å². The topological polar surface area (TPSA) is 137 Å². The Hall–Kier alpha value is -4.40. The molecule has 14 nitrogen and oxygen atoms in total. The maximum absolute atomic E-state index is 14.7. The third-order valence-electron chi connectivity index (χ3n) is 10.2. The molecule has 64 heavy (non-hydrogen) atoms. The molecule has 0 aliphatic carbocycles. The van der Waals surface area contributed by atoms with Crippen LogP contribution in [0.2, 0.25) is 0 Å². The van der Waals surface area contributed by atoms with Gasteiger partial charge in [-0.15, -0.1) is 0 Å². The van der Waals surface area contributed by atoms with Gasteiger partial charge in [0.15, 0.2) is 5.60 Å². The van der Waals surface area contributed by atoms with E-state index >= 15 is 0 Å².